The summed E-state index contributed by atoms with van der Waals surface area (Å²) in [5, 5.41) is 9.17. The van der Waals surface area contributed by atoms with Crippen molar-refractivity contribution in [2.24, 2.45) is 0 Å². The Hall–Kier alpha value is -1.18. The molecule has 0 radical (unpaired) electrons. The molecule has 0 bridgehead atoms. The molecule has 0 unspecified atom stereocenters. The Morgan fingerprint density at radius 1 is 1.42 bits per heavy atom. The number of nitrogens with two attached hydrogens (primary N) is 1. The Balaban J connectivity index is 2.38. The van der Waals surface area contributed by atoms with Crippen LogP contribution in [0.3, 0.4) is 0 Å². The molecule has 0 saturated heterocycles. The number of nitrogens with one attached hydrogen (secondary N) is 1. The summed E-state index contributed by atoms with van der Waals surface area (Å²) in [6, 6.07) is 0.845. The lowest BCUT2D eigenvalue weighted by Gasteiger charge is -2.32. The van der Waals surface area contributed by atoms with Crippen LogP contribution in [0.1, 0.15) is 24.0 Å². The first kappa shape index (κ1) is 14.2. The van der Waals surface area contributed by atoms with Crippen LogP contribution in [0, 0.1) is 19.7 Å². The van der Waals surface area contributed by atoms with Gasteiger partial charge in [0.25, 0.3) is 0 Å². The molecule has 5 nitrogen and oxygen atoms in total. The molecule has 1 saturated carbocycles. The maximum Gasteiger partial charge on any atom is 0.241 e. The van der Waals surface area contributed by atoms with Crippen LogP contribution < -0.4 is 10.5 Å². The average molecular weight is 288 g/mol. The van der Waals surface area contributed by atoms with Crippen molar-refractivity contribution >= 4 is 15.7 Å². The van der Waals surface area contributed by atoms with E-state index in [-0.39, 0.29) is 22.2 Å². The van der Waals surface area contributed by atoms with E-state index in [0.29, 0.717) is 18.4 Å². The first-order valence-electron chi connectivity index (χ1n) is 5.98. The van der Waals surface area contributed by atoms with E-state index < -0.39 is 21.9 Å². The van der Waals surface area contributed by atoms with Crippen LogP contribution in [0.15, 0.2) is 11.0 Å². The number of aliphatic hydroxyl groups is 1. The number of halogens is 1. The highest BCUT2D eigenvalue weighted by Gasteiger charge is 2.33. The summed E-state index contributed by atoms with van der Waals surface area (Å²) >= 11 is 0. The number of anilines is 1. The summed E-state index contributed by atoms with van der Waals surface area (Å²) < 4.78 is 40.5. The van der Waals surface area contributed by atoms with E-state index in [4.69, 9.17) is 5.73 Å². The van der Waals surface area contributed by atoms with E-state index in [9.17, 15) is 17.9 Å². The highest BCUT2D eigenvalue weighted by Crippen LogP contribution is 2.29. The predicted molar refractivity (Wildman–Crippen MR) is 69.6 cm³/mol. The molecule has 0 amide bonds. The molecule has 19 heavy (non-hydrogen) atoms. The van der Waals surface area contributed by atoms with Gasteiger partial charge in [0.15, 0.2) is 0 Å². The lowest BCUT2D eigenvalue weighted by atomic mass is 9.91. The first-order valence-corrected chi connectivity index (χ1v) is 7.46. The van der Waals surface area contributed by atoms with E-state index >= 15 is 0 Å². The topological polar surface area (TPSA) is 92.4 Å². The summed E-state index contributed by atoms with van der Waals surface area (Å²) in [6.07, 6.45) is 0.343. The minimum absolute atomic E-state index is 0.0211. The molecule has 4 N–H and O–H groups in total. The molecule has 1 aromatic rings. The van der Waals surface area contributed by atoms with Gasteiger partial charge in [0.05, 0.1) is 16.7 Å². The monoisotopic (exact) mass is 288 g/mol. The van der Waals surface area contributed by atoms with Gasteiger partial charge in [0.2, 0.25) is 10.0 Å². The Bertz CT molecular complexity index is 610. The molecule has 2 rings (SSSR count). The molecule has 1 aromatic carbocycles. The van der Waals surface area contributed by atoms with Gasteiger partial charge >= 0.3 is 0 Å². The standard InChI is InChI=1S/C12H17FN2O3S/c1-6-3-10(13)11(14)7(2)12(6)19(17,18)15-8-4-9(16)5-8/h3,8-9,15-16H,4-5,14H2,1-2H3. The lowest BCUT2D eigenvalue weighted by molar-refractivity contribution is 0.0712. The number of aryl methyl sites for hydroxylation is 1. The van der Waals surface area contributed by atoms with Crippen molar-refractivity contribution in [1.29, 1.82) is 0 Å². The molecule has 0 aromatic heterocycles. The zero-order valence-electron chi connectivity index (χ0n) is 10.8. The molecule has 0 spiro atoms. The molecular weight excluding hydrogens is 271 g/mol. The quantitative estimate of drug-likeness (QED) is 0.718. The summed E-state index contributed by atoms with van der Waals surface area (Å²) in [7, 11) is -3.75. The second-order valence-electron chi connectivity index (χ2n) is 4.99. The molecule has 0 heterocycles. The SMILES string of the molecule is Cc1cc(F)c(N)c(C)c1S(=O)(=O)NC1CC(O)C1. The minimum atomic E-state index is -3.75. The lowest BCUT2D eigenvalue weighted by Crippen LogP contribution is -2.46. The van der Waals surface area contributed by atoms with Crippen LogP contribution in [0.25, 0.3) is 0 Å². The van der Waals surface area contributed by atoms with Gasteiger partial charge in [-0.05, 0) is 43.9 Å². The zero-order chi connectivity index (χ0) is 14.4. The number of hydrogen-bond donors (Lipinski definition) is 3. The highest BCUT2D eigenvalue weighted by molar-refractivity contribution is 7.89. The number of nitrogen functional groups attached to an aromatic ring is 1. The summed E-state index contributed by atoms with van der Waals surface area (Å²) in [5.41, 5.74) is 5.92. The second-order valence-corrected chi connectivity index (χ2v) is 6.64. The fraction of sp³-hybridized carbons (Fsp3) is 0.500. The van der Waals surface area contributed by atoms with Gasteiger partial charge in [-0.25, -0.2) is 17.5 Å². The third-order valence-electron chi connectivity index (χ3n) is 3.41. The second kappa shape index (κ2) is 4.73. The van der Waals surface area contributed by atoms with Crippen LogP contribution in [0.4, 0.5) is 10.1 Å². The van der Waals surface area contributed by atoms with E-state index in [1.54, 1.807) is 0 Å². The van der Waals surface area contributed by atoms with Crippen LogP contribution in [-0.2, 0) is 10.0 Å². The van der Waals surface area contributed by atoms with E-state index in [0.717, 1.165) is 6.07 Å². The molecule has 0 atom stereocenters. The van der Waals surface area contributed by atoms with Gasteiger partial charge in [0, 0.05) is 6.04 Å². The Kier molecular flexibility index (Phi) is 3.55. The molecule has 1 aliphatic carbocycles. The third kappa shape index (κ3) is 2.58. The minimum Gasteiger partial charge on any atom is -0.396 e. The Morgan fingerprint density at radius 3 is 2.53 bits per heavy atom. The van der Waals surface area contributed by atoms with Crippen molar-refractivity contribution in [3.8, 4) is 0 Å². The summed E-state index contributed by atoms with van der Waals surface area (Å²) in [5.74, 6) is -0.618. The van der Waals surface area contributed by atoms with Gasteiger partial charge in [0.1, 0.15) is 5.82 Å². The van der Waals surface area contributed by atoms with Crippen molar-refractivity contribution in [3.05, 3.63) is 23.0 Å². The highest BCUT2D eigenvalue weighted by atomic mass is 32.2. The van der Waals surface area contributed by atoms with Crippen molar-refractivity contribution in [1.82, 2.24) is 4.72 Å². The third-order valence-corrected chi connectivity index (χ3v) is 5.22. The molecule has 7 heteroatoms. The number of benzene rings is 1. The van der Waals surface area contributed by atoms with E-state index in [1.807, 2.05) is 0 Å². The average Bonchev–Trinajstić information content (AvgIpc) is 2.23. The fourth-order valence-electron chi connectivity index (χ4n) is 2.31. The smallest absolute Gasteiger partial charge is 0.241 e. The van der Waals surface area contributed by atoms with Gasteiger partial charge in [-0.3, -0.25) is 0 Å². The van der Waals surface area contributed by atoms with E-state index in [1.165, 1.54) is 13.8 Å². The van der Waals surface area contributed by atoms with Gasteiger partial charge in [-0.2, -0.15) is 0 Å². The zero-order valence-corrected chi connectivity index (χ0v) is 11.6. The van der Waals surface area contributed by atoms with Crippen molar-refractivity contribution in [2.75, 3.05) is 5.73 Å². The maximum absolute atomic E-state index is 13.4. The molecule has 1 fully saturated rings. The molecule has 0 aliphatic heterocycles. The fourth-order valence-corrected chi connectivity index (χ4v) is 4.05. The number of rotatable bonds is 3. The van der Waals surface area contributed by atoms with Crippen molar-refractivity contribution in [2.45, 2.75) is 43.7 Å². The Labute approximate surface area is 111 Å². The summed E-state index contributed by atoms with van der Waals surface area (Å²) in [4.78, 5) is 0.0211. The Morgan fingerprint density at radius 2 is 2.00 bits per heavy atom. The normalized spacial score (nSPS) is 23.2. The largest absolute Gasteiger partial charge is 0.396 e. The number of aliphatic hydroxyl groups excluding tert-OH is 1. The van der Waals surface area contributed by atoms with Gasteiger partial charge < -0.3 is 10.8 Å². The molecular formula is C12H17FN2O3S. The van der Waals surface area contributed by atoms with Crippen LogP contribution in [-0.4, -0.2) is 25.7 Å². The maximum atomic E-state index is 13.4. The molecule has 106 valence electrons. The van der Waals surface area contributed by atoms with Crippen LogP contribution in [0.5, 0.6) is 0 Å². The first-order chi connectivity index (χ1) is 8.72. The van der Waals surface area contributed by atoms with Gasteiger partial charge in [-0.1, -0.05) is 0 Å². The van der Waals surface area contributed by atoms with Crippen molar-refractivity contribution in [3.63, 3.8) is 0 Å². The van der Waals surface area contributed by atoms with Gasteiger partial charge in [-0.15, -0.1) is 0 Å². The van der Waals surface area contributed by atoms with Crippen LogP contribution >= 0.6 is 0 Å². The summed E-state index contributed by atoms with van der Waals surface area (Å²) in [6.45, 7) is 3.01. The van der Waals surface area contributed by atoms with Crippen molar-refractivity contribution < 1.29 is 17.9 Å². The molecule has 1 aliphatic rings. The number of sulfonamides is 1. The predicted octanol–water partition coefficient (Wildman–Crippen LogP) is 0.826. The van der Waals surface area contributed by atoms with E-state index in [2.05, 4.69) is 4.72 Å². The van der Waals surface area contributed by atoms with Crippen LogP contribution in [0.2, 0.25) is 0 Å². The number of hydrogen-bond acceptors (Lipinski definition) is 4.